The summed E-state index contributed by atoms with van der Waals surface area (Å²) in [6, 6.07) is 1.24. The van der Waals surface area contributed by atoms with Gasteiger partial charge < -0.3 is 14.5 Å². The highest BCUT2D eigenvalue weighted by Crippen LogP contribution is 2.38. The molecule has 3 fully saturated rings. The van der Waals surface area contributed by atoms with E-state index in [-0.39, 0.29) is 6.09 Å². The van der Waals surface area contributed by atoms with E-state index >= 15 is 0 Å². The standard InChI is InChI=1S/C20H35N3O3/c1-4-21(5-2)19(24)10-15-13-22(14-15)18-11-16-8-7-9-17(12-18)23(16)20(25)26-6-3/h15-18H,4-14H2,1-3H3. The van der Waals surface area contributed by atoms with Crippen LogP contribution in [-0.4, -0.2) is 77.6 Å². The zero-order chi connectivity index (χ0) is 18.7. The number of rotatable bonds is 6. The van der Waals surface area contributed by atoms with E-state index in [2.05, 4.69) is 4.90 Å². The van der Waals surface area contributed by atoms with Gasteiger partial charge in [0.05, 0.1) is 6.61 Å². The number of hydrogen-bond donors (Lipinski definition) is 0. The average Bonchev–Trinajstić information content (AvgIpc) is 2.57. The van der Waals surface area contributed by atoms with Gasteiger partial charge in [-0.15, -0.1) is 0 Å². The summed E-state index contributed by atoms with van der Waals surface area (Å²) < 4.78 is 5.29. The first kappa shape index (κ1) is 19.5. The quantitative estimate of drug-likeness (QED) is 0.726. The van der Waals surface area contributed by atoms with Crippen LogP contribution in [0.3, 0.4) is 0 Å². The van der Waals surface area contributed by atoms with Crippen molar-refractivity contribution >= 4 is 12.0 Å². The second-order valence-corrected chi connectivity index (χ2v) is 8.06. The first-order valence-electron chi connectivity index (χ1n) is 10.5. The summed E-state index contributed by atoms with van der Waals surface area (Å²) in [5, 5.41) is 0. The van der Waals surface area contributed by atoms with Crippen LogP contribution in [0.1, 0.15) is 59.3 Å². The predicted molar refractivity (Wildman–Crippen MR) is 101 cm³/mol. The van der Waals surface area contributed by atoms with E-state index in [0.717, 1.165) is 51.9 Å². The van der Waals surface area contributed by atoms with Gasteiger partial charge in [-0.3, -0.25) is 9.69 Å². The molecule has 0 N–H and O–H groups in total. The van der Waals surface area contributed by atoms with Gasteiger partial charge in [0.1, 0.15) is 0 Å². The average molecular weight is 366 g/mol. The minimum absolute atomic E-state index is 0.119. The topological polar surface area (TPSA) is 53.1 Å². The molecule has 3 saturated heterocycles. The molecule has 6 nitrogen and oxygen atoms in total. The van der Waals surface area contributed by atoms with Gasteiger partial charge in [0.15, 0.2) is 0 Å². The fourth-order valence-corrected chi connectivity index (χ4v) is 5.14. The smallest absolute Gasteiger partial charge is 0.410 e. The SMILES string of the molecule is CCOC(=O)N1C2CCCC1CC(N1CC(CC(=O)N(CC)CC)C1)C2. The molecule has 0 aromatic rings. The summed E-state index contributed by atoms with van der Waals surface area (Å²) in [6.45, 7) is 10.1. The van der Waals surface area contributed by atoms with E-state index in [1.165, 1.54) is 6.42 Å². The van der Waals surface area contributed by atoms with Crippen LogP contribution in [0.4, 0.5) is 4.79 Å². The Hall–Kier alpha value is -1.30. The molecule has 0 aromatic heterocycles. The molecular weight excluding hydrogens is 330 g/mol. The van der Waals surface area contributed by atoms with Crippen molar-refractivity contribution in [1.29, 1.82) is 0 Å². The van der Waals surface area contributed by atoms with E-state index < -0.39 is 0 Å². The molecule has 3 rings (SSSR count). The predicted octanol–water partition coefficient (Wildman–Crippen LogP) is 2.72. The number of amides is 2. The number of hydrogen-bond acceptors (Lipinski definition) is 4. The lowest BCUT2D eigenvalue weighted by Crippen LogP contribution is -2.62. The van der Waals surface area contributed by atoms with Crippen molar-refractivity contribution < 1.29 is 14.3 Å². The van der Waals surface area contributed by atoms with Crippen LogP contribution >= 0.6 is 0 Å². The summed E-state index contributed by atoms with van der Waals surface area (Å²) in [6.07, 6.45) is 6.11. The Labute approximate surface area is 157 Å². The number of piperidine rings is 2. The third-order valence-corrected chi connectivity index (χ3v) is 6.51. The summed E-state index contributed by atoms with van der Waals surface area (Å²) in [5.74, 6) is 0.805. The molecule has 0 aromatic carbocycles. The number of nitrogens with zero attached hydrogens (tertiary/aromatic N) is 3. The Balaban J connectivity index is 1.49. The molecule has 0 saturated carbocycles. The molecule has 3 heterocycles. The lowest BCUT2D eigenvalue weighted by molar-refractivity contribution is -0.134. The molecule has 0 radical (unpaired) electrons. The fourth-order valence-electron chi connectivity index (χ4n) is 5.14. The molecule has 2 amide bonds. The largest absolute Gasteiger partial charge is 0.450 e. The highest BCUT2D eigenvalue weighted by atomic mass is 16.6. The van der Waals surface area contributed by atoms with Crippen LogP contribution in [0, 0.1) is 5.92 Å². The molecule has 2 bridgehead atoms. The van der Waals surface area contributed by atoms with E-state index in [1.54, 1.807) is 0 Å². The Bertz CT molecular complexity index is 489. The van der Waals surface area contributed by atoms with Crippen molar-refractivity contribution in [3.8, 4) is 0 Å². The number of ether oxygens (including phenoxy) is 1. The van der Waals surface area contributed by atoms with Gasteiger partial charge in [-0.2, -0.15) is 0 Å². The molecule has 0 spiro atoms. The lowest BCUT2D eigenvalue weighted by atomic mass is 9.79. The maximum atomic E-state index is 12.3. The monoisotopic (exact) mass is 365 g/mol. The van der Waals surface area contributed by atoms with Gasteiger partial charge in [-0.25, -0.2) is 4.79 Å². The first-order chi connectivity index (χ1) is 12.6. The summed E-state index contributed by atoms with van der Waals surface area (Å²) in [7, 11) is 0. The van der Waals surface area contributed by atoms with Gasteiger partial charge in [0, 0.05) is 50.7 Å². The normalized spacial score (nSPS) is 29.2. The molecule has 148 valence electrons. The molecular formula is C20H35N3O3. The number of likely N-dealkylation sites (tertiary alicyclic amines) is 1. The molecule has 2 unspecified atom stereocenters. The minimum Gasteiger partial charge on any atom is -0.450 e. The van der Waals surface area contributed by atoms with Gasteiger partial charge in [0.2, 0.25) is 5.91 Å². The van der Waals surface area contributed by atoms with Crippen molar-refractivity contribution in [2.75, 3.05) is 32.8 Å². The summed E-state index contributed by atoms with van der Waals surface area (Å²) in [5.41, 5.74) is 0. The minimum atomic E-state index is -0.119. The van der Waals surface area contributed by atoms with Crippen molar-refractivity contribution in [2.45, 2.75) is 77.4 Å². The Morgan fingerprint density at radius 1 is 1.00 bits per heavy atom. The third-order valence-electron chi connectivity index (χ3n) is 6.51. The second kappa shape index (κ2) is 8.59. The van der Waals surface area contributed by atoms with E-state index in [9.17, 15) is 9.59 Å². The van der Waals surface area contributed by atoms with Gasteiger partial charge >= 0.3 is 6.09 Å². The maximum Gasteiger partial charge on any atom is 0.410 e. The molecule has 0 aliphatic carbocycles. The van der Waals surface area contributed by atoms with Crippen LogP contribution < -0.4 is 0 Å². The highest BCUT2D eigenvalue weighted by Gasteiger charge is 2.45. The van der Waals surface area contributed by atoms with Crippen LogP contribution in [0.2, 0.25) is 0 Å². The molecule has 3 aliphatic rings. The van der Waals surface area contributed by atoms with Gasteiger partial charge in [-0.05, 0) is 58.8 Å². The van der Waals surface area contributed by atoms with Crippen LogP contribution in [0.25, 0.3) is 0 Å². The third kappa shape index (κ3) is 4.00. The Morgan fingerprint density at radius 3 is 2.15 bits per heavy atom. The van der Waals surface area contributed by atoms with Crippen molar-refractivity contribution in [1.82, 2.24) is 14.7 Å². The number of carbonyl (C=O) groups excluding carboxylic acids is 2. The van der Waals surface area contributed by atoms with Gasteiger partial charge in [0.25, 0.3) is 0 Å². The summed E-state index contributed by atoms with van der Waals surface area (Å²) >= 11 is 0. The van der Waals surface area contributed by atoms with Crippen molar-refractivity contribution in [3.05, 3.63) is 0 Å². The molecule has 2 atom stereocenters. The molecule has 26 heavy (non-hydrogen) atoms. The zero-order valence-electron chi connectivity index (χ0n) is 16.7. The lowest BCUT2D eigenvalue weighted by Gasteiger charge is -2.53. The van der Waals surface area contributed by atoms with Crippen molar-refractivity contribution in [2.24, 2.45) is 5.92 Å². The number of carbonyl (C=O) groups is 2. The maximum absolute atomic E-state index is 12.3. The molecule has 6 heteroatoms. The second-order valence-electron chi connectivity index (χ2n) is 8.06. The van der Waals surface area contributed by atoms with E-state index in [1.807, 2.05) is 30.6 Å². The fraction of sp³-hybridized carbons (Fsp3) is 0.900. The van der Waals surface area contributed by atoms with E-state index in [4.69, 9.17) is 4.74 Å². The van der Waals surface area contributed by atoms with E-state index in [0.29, 0.717) is 43.0 Å². The summed E-state index contributed by atoms with van der Waals surface area (Å²) in [4.78, 5) is 31.1. The van der Waals surface area contributed by atoms with Gasteiger partial charge in [-0.1, -0.05) is 0 Å². The van der Waals surface area contributed by atoms with Crippen LogP contribution in [0.15, 0.2) is 0 Å². The zero-order valence-corrected chi connectivity index (χ0v) is 16.7. The van der Waals surface area contributed by atoms with Crippen LogP contribution in [0.5, 0.6) is 0 Å². The highest BCUT2D eigenvalue weighted by molar-refractivity contribution is 5.76. The van der Waals surface area contributed by atoms with Crippen LogP contribution in [-0.2, 0) is 9.53 Å². The Morgan fingerprint density at radius 2 is 1.62 bits per heavy atom. The number of fused-ring (bicyclic) bond motifs is 2. The Kier molecular flexibility index (Phi) is 6.43. The van der Waals surface area contributed by atoms with Crippen molar-refractivity contribution in [3.63, 3.8) is 0 Å². The first-order valence-corrected chi connectivity index (χ1v) is 10.5. The molecule has 3 aliphatic heterocycles.